The molecule has 5 nitrogen and oxygen atoms in total. The van der Waals surface area contributed by atoms with Gasteiger partial charge in [0.1, 0.15) is 0 Å². The lowest BCUT2D eigenvalue weighted by atomic mass is 9.95. The Bertz CT molecular complexity index is 1440. The summed E-state index contributed by atoms with van der Waals surface area (Å²) in [6.45, 7) is 5.54. The minimum atomic E-state index is -0.0706. The van der Waals surface area contributed by atoms with Gasteiger partial charge in [-0.25, -0.2) is 0 Å². The maximum Gasteiger partial charge on any atom is 0.234 e. The minimum Gasteiger partial charge on any atom is -0.343 e. The molecule has 0 aliphatic carbocycles. The molecule has 36 heavy (non-hydrogen) atoms. The summed E-state index contributed by atoms with van der Waals surface area (Å²) < 4.78 is 1.84. The monoisotopic (exact) mass is 479 g/mol. The second-order valence-electron chi connectivity index (χ2n) is 9.80. The van der Waals surface area contributed by atoms with Gasteiger partial charge in [-0.05, 0) is 54.8 Å². The van der Waals surface area contributed by atoms with Crippen LogP contribution in [0.5, 0.6) is 0 Å². The topological polar surface area (TPSA) is 55.2 Å². The summed E-state index contributed by atoms with van der Waals surface area (Å²) in [5, 5.41) is 3.34. The summed E-state index contributed by atoms with van der Waals surface area (Å²) in [6, 6.07) is 16.4. The molecule has 4 aromatic rings. The number of amides is 1. The van der Waals surface area contributed by atoms with Crippen molar-refractivity contribution < 1.29 is 9.59 Å². The van der Waals surface area contributed by atoms with Gasteiger partial charge in [-0.2, -0.15) is 0 Å². The van der Waals surface area contributed by atoms with Crippen LogP contribution in [0.4, 0.5) is 0 Å². The summed E-state index contributed by atoms with van der Waals surface area (Å²) in [7, 11) is 0. The summed E-state index contributed by atoms with van der Waals surface area (Å²) in [5.74, 6) is 0.280. The predicted molar refractivity (Wildman–Crippen MR) is 147 cm³/mol. The molecule has 1 saturated heterocycles. The molecule has 3 heterocycles. The first-order valence-electron chi connectivity index (χ1n) is 13.0. The van der Waals surface area contributed by atoms with Gasteiger partial charge in [-0.1, -0.05) is 55.8 Å². The average molecular weight is 480 g/mol. The Labute approximate surface area is 212 Å². The van der Waals surface area contributed by atoms with E-state index in [1.54, 1.807) is 0 Å². The van der Waals surface area contributed by atoms with Crippen molar-refractivity contribution in [1.29, 1.82) is 0 Å². The molecule has 0 N–H and O–H groups in total. The van der Waals surface area contributed by atoms with Crippen molar-refractivity contribution in [3.05, 3.63) is 78.2 Å². The number of aromatic nitrogens is 2. The van der Waals surface area contributed by atoms with Crippen molar-refractivity contribution in [2.45, 2.75) is 46.0 Å². The molecule has 5 heteroatoms. The van der Waals surface area contributed by atoms with Gasteiger partial charge in [0.2, 0.25) is 11.8 Å². The third kappa shape index (κ3) is 4.70. The molecule has 0 atom stereocenters. The molecule has 0 radical (unpaired) electrons. The Hall–Kier alpha value is -3.73. The SMILES string of the molecule is CCCCC(=O)N1CCC(C(=O)n2cc(/C(C)=C/c3cccc4cnccc34)c3ccccc32)CC1. The van der Waals surface area contributed by atoms with E-state index < -0.39 is 0 Å². The smallest absolute Gasteiger partial charge is 0.234 e. The fraction of sp³-hybridized carbons (Fsp3) is 0.323. The molecule has 0 bridgehead atoms. The molecule has 1 aliphatic heterocycles. The fourth-order valence-corrected chi connectivity index (χ4v) is 5.32. The van der Waals surface area contributed by atoms with E-state index in [0.717, 1.165) is 64.1 Å². The number of hydrogen-bond donors (Lipinski definition) is 0. The highest BCUT2D eigenvalue weighted by molar-refractivity contribution is 6.03. The summed E-state index contributed by atoms with van der Waals surface area (Å²) in [5.41, 5.74) is 4.25. The summed E-state index contributed by atoms with van der Waals surface area (Å²) in [6.07, 6.45) is 11.9. The zero-order valence-electron chi connectivity index (χ0n) is 21.1. The van der Waals surface area contributed by atoms with Crippen molar-refractivity contribution in [1.82, 2.24) is 14.5 Å². The Morgan fingerprint density at radius 1 is 1.03 bits per heavy atom. The van der Waals surface area contributed by atoms with Crippen molar-refractivity contribution >= 4 is 45.1 Å². The van der Waals surface area contributed by atoms with Crippen LogP contribution in [0.1, 0.15) is 61.9 Å². The number of unbranched alkanes of at least 4 members (excludes halogenated alkanes) is 1. The van der Waals surface area contributed by atoms with Crippen LogP contribution in [-0.4, -0.2) is 39.4 Å². The van der Waals surface area contributed by atoms with Gasteiger partial charge in [0.15, 0.2) is 0 Å². The third-order valence-corrected chi connectivity index (χ3v) is 7.40. The number of carbonyl (C=O) groups excluding carboxylic acids is 2. The number of hydrogen-bond acceptors (Lipinski definition) is 3. The quantitative estimate of drug-likeness (QED) is 0.305. The Kier molecular flexibility index (Phi) is 6.99. The number of carbonyl (C=O) groups is 2. The lowest BCUT2D eigenvalue weighted by Gasteiger charge is -2.31. The van der Waals surface area contributed by atoms with Gasteiger partial charge in [-0.15, -0.1) is 0 Å². The molecule has 5 rings (SSSR count). The zero-order chi connectivity index (χ0) is 25.1. The van der Waals surface area contributed by atoms with Crippen LogP contribution in [0.25, 0.3) is 33.3 Å². The second-order valence-corrected chi connectivity index (χ2v) is 9.80. The van der Waals surface area contributed by atoms with Gasteiger partial charge in [0.05, 0.1) is 5.52 Å². The minimum absolute atomic E-state index is 0.0706. The van der Waals surface area contributed by atoms with Crippen molar-refractivity contribution in [3.63, 3.8) is 0 Å². The van der Waals surface area contributed by atoms with Crippen LogP contribution in [0.3, 0.4) is 0 Å². The molecule has 0 saturated carbocycles. The van der Waals surface area contributed by atoms with E-state index in [2.05, 4.69) is 49.2 Å². The maximum absolute atomic E-state index is 13.7. The van der Waals surface area contributed by atoms with E-state index in [4.69, 9.17) is 0 Å². The maximum atomic E-state index is 13.7. The lowest BCUT2D eigenvalue weighted by molar-refractivity contribution is -0.132. The van der Waals surface area contributed by atoms with Crippen molar-refractivity contribution in [3.8, 4) is 0 Å². The molecule has 2 aromatic heterocycles. The van der Waals surface area contributed by atoms with E-state index >= 15 is 0 Å². The van der Waals surface area contributed by atoms with E-state index in [-0.39, 0.29) is 17.7 Å². The van der Waals surface area contributed by atoms with E-state index in [1.807, 2.05) is 52.3 Å². The van der Waals surface area contributed by atoms with Gasteiger partial charge in [-0.3, -0.25) is 19.1 Å². The molecule has 0 spiro atoms. The van der Waals surface area contributed by atoms with Gasteiger partial charge < -0.3 is 4.90 Å². The highest BCUT2D eigenvalue weighted by Gasteiger charge is 2.29. The highest BCUT2D eigenvalue weighted by atomic mass is 16.2. The first kappa shape index (κ1) is 24.0. The molecular weight excluding hydrogens is 446 g/mol. The normalized spacial score (nSPS) is 15.1. The Morgan fingerprint density at radius 3 is 2.64 bits per heavy atom. The van der Waals surface area contributed by atoms with Gasteiger partial charge in [0, 0.05) is 60.4 Å². The number of rotatable bonds is 6. The van der Waals surface area contributed by atoms with Crippen LogP contribution < -0.4 is 0 Å². The number of likely N-dealkylation sites (tertiary alicyclic amines) is 1. The lowest BCUT2D eigenvalue weighted by Crippen LogP contribution is -2.41. The largest absolute Gasteiger partial charge is 0.343 e. The van der Waals surface area contributed by atoms with E-state index in [9.17, 15) is 9.59 Å². The Balaban J connectivity index is 1.42. The van der Waals surface area contributed by atoms with Crippen LogP contribution in [0, 0.1) is 5.92 Å². The van der Waals surface area contributed by atoms with Crippen LogP contribution in [0.2, 0.25) is 0 Å². The van der Waals surface area contributed by atoms with Crippen LogP contribution in [0.15, 0.2) is 67.1 Å². The summed E-state index contributed by atoms with van der Waals surface area (Å²) in [4.78, 5) is 32.3. The molecule has 1 fully saturated rings. The van der Waals surface area contributed by atoms with Gasteiger partial charge in [0.25, 0.3) is 0 Å². The zero-order valence-corrected chi connectivity index (χ0v) is 21.1. The highest BCUT2D eigenvalue weighted by Crippen LogP contribution is 2.31. The average Bonchev–Trinajstić information content (AvgIpc) is 3.31. The number of benzene rings is 2. The first-order valence-corrected chi connectivity index (χ1v) is 13.0. The number of piperidine rings is 1. The van der Waals surface area contributed by atoms with Crippen LogP contribution >= 0.6 is 0 Å². The predicted octanol–water partition coefficient (Wildman–Crippen LogP) is 6.82. The fourth-order valence-electron chi connectivity index (χ4n) is 5.32. The standard InChI is InChI=1S/C31H33N3O2/c1-3-4-12-30(35)33-17-14-23(15-18-33)31(36)34-21-28(27-10-5-6-11-29(27)34)22(2)19-24-8-7-9-25-20-32-16-13-26(24)25/h5-11,13,16,19-21,23H,3-4,12,14-15,17-18H2,1-2H3/b22-19+. The van der Waals surface area contributed by atoms with Crippen molar-refractivity contribution in [2.75, 3.05) is 13.1 Å². The van der Waals surface area contributed by atoms with Gasteiger partial charge >= 0.3 is 0 Å². The van der Waals surface area contributed by atoms with E-state index in [0.29, 0.717) is 19.5 Å². The number of para-hydroxylation sites is 1. The molecule has 184 valence electrons. The number of pyridine rings is 1. The van der Waals surface area contributed by atoms with Crippen LogP contribution in [-0.2, 0) is 4.79 Å². The first-order chi connectivity index (χ1) is 17.6. The molecular formula is C31H33N3O2. The molecule has 0 unspecified atom stereocenters. The number of nitrogens with zero attached hydrogens (tertiary/aromatic N) is 3. The number of fused-ring (bicyclic) bond motifs is 2. The second kappa shape index (κ2) is 10.5. The van der Waals surface area contributed by atoms with Crippen molar-refractivity contribution in [2.24, 2.45) is 5.92 Å². The Morgan fingerprint density at radius 2 is 1.83 bits per heavy atom. The third-order valence-electron chi connectivity index (χ3n) is 7.40. The molecule has 1 aliphatic rings. The summed E-state index contributed by atoms with van der Waals surface area (Å²) >= 11 is 0. The van der Waals surface area contributed by atoms with E-state index in [1.165, 1.54) is 0 Å². The molecule has 2 aromatic carbocycles. The molecule has 1 amide bonds. The number of allylic oxidation sites excluding steroid dienone is 1.